The van der Waals surface area contributed by atoms with Crippen LogP contribution in [0.25, 0.3) is 0 Å². The number of amides is 2. The van der Waals surface area contributed by atoms with E-state index in [0.29, 0.717) is 25.4 Å². The Hall–Kier alpha value is -1.06. The fourth-order valence-corrected chi connectivity index (χ4v) is 1.75. The van der Waals surface area contributed by atoms with Crippen molar-refractivity contribution in [2.75, 3.05) is 19.6 Å². The van der Waals surface area contributed by atoms with Gasteiger partial charge < -0.3 is 10.2 Å². The normalized spacial score (nSPS) is 10.5. The Morgan fingerprint density at radius 2 is 1.83 bits per heavy atom. The molecule has 0 fully saturated rings. The third-order valence-corrected chi connectivity index (χ3v) is 2.77. The van der Waals surface area contributed by atoms with Crippen molar-refractivity contribution in [2.24, 2.45) is 5.92 Å². The summed E-state index contributed by atoms with van der Waals surface area (Å²) >= 11 is 0. The lowest BCUT2D eigenvalue weighted by Gasteiger charge is -2.21. The lowest BCUT2D eigenvalue weighted by molar-refractivity contribution is -0.129. The summed E-state index contributed by atoms with van der Waals surface area (Å²) < 4.78 is 0. The van der Waals surface area contributed by atoms with Crippen molar-refractivity contribution in [1.29, 1.82) is 0 Å². The Kier molecular flexibility index (Phi) is 9.33. The maximum absolute atomic E-state index is 11.5. The van der Waals surface area contributed by atoms with Crippen LogP contribution in [0.3, 0.4) is 0 Å². The molecule has 106 valence electrons. The van der Waals surface area contributed by atoms with Crippen LogP contribution < -0.4 is 5.32 Å². The van der Waals surface area contributed by atoms with E-state index in [1.54, 1.807) is 6.92 Å². The van der Waals surface area contributed by atoms with Gasteiger partial charge >= 0.3 is 0 Å². The van der Waals surface area contributed by atoms with Gasteiger partial charge in [-0.2, -0.15) is 0 Å². The average Bonchev–Trinajstić information content (AvgIpc) is 2.25. The number of nitrogens with one attached hydrogen (secondary N) is 1. The standard InChI is InChI=1S/C14H28N2O2/c1-5-6-7-9-16(13(4)17)10-8-15-14(18)11-12(2)3/h12H,5-11H2,1-4H3,(H,15,18). The van der Waals surface area contributed by atoms with Crippen LogP contribution in [0.4, 0.5) is 0 Å². The SMILES string of the molecule is CCCCCN(CCNC(=O)CC(C)C)C(C)=O. The predicted octanol–water partition coefficient (Wildman–Crippen LogP) is 2.19. The molecule has 0 heterocycles. The van der Waals surface area contributed by atoms with E-state index in [1.807, 2.05) is 18.7 Å². The fourth-order valence-electron chi connectivity index (χ4n) is 1.75. The number of rotatable bonds is 9. The monoisotopic (exact) mass is 256 g/mol. The van der Waals surface area contributed by atoms with Crippen LogP contribution in [0.5, 0.6) is 0 Å². The Morgan fingerprint density at radius 3 is 2.33 bits per heavy atom. The number of unbranched alkanes of at least 4 members (excludes halogenated alkanes) is 2. The first-order valence-corrected chi connectivity index (χ1v) is 6.99. The Bertz CT molecular complexity index is 252. The van der Waals surface area contributed by atoms with Gasteiger partial charge in [0.1, 0.15) is 0 Å². The molecule has 0 spiro atoms. The van der Waals surface area contributed by atoms with Gasteiger partial charge in [-0.25, -0.2) is 0 Å². The molecule has 0 aromatic heterocycles. The largest absolute Gasteiger partial charge is 0.354 e. The summed E-state index contributed by atoms with van der Waals surface area (Å²) in [6, 6.07) is 0. The molecule has 0 aliphatic carbocycles. The van der Waals surface area contributed by atoms with Crippen molar-refractivity contribution in [3.05, 3.63) is 0 Å². The summed E-state index contributed by atoms with van der Waals surface area (Å²) in [6.45, 7) is 9.73. The van der Waals surface area contributed by atoms with Crippen molar-refractivity contribution < 1.29 is 9.59 Å². The summed E-state index contributed by atoms with van der Waals surface area (Å²) in [7, 11) is 0. The summed E-state index contributed by atoms with van der Waals surface area (Å²) in [5, 5.41) is 2.86. The maximum Gasteiger partial charge on any atom is 0.220 e. The van der Waals surface area contributed by atoms with E-state index >= 15 is 0 Å². The minimum absolute atomic E-state index is 0.0714. The van der Waals surface area contributed by atoms with Gasteiger partial charge in [-0.3, -0.25) is 9.59 Å². The lowest BCUT2D eigenvalue weighted by Crippen LogP contribution is -2.38. The van der Waals surface area contributed by atoms with Gasteiger partial charge in [0, 0.05) is 33.0 Å². The minimum atomic E-state index is 0.0714. The number of nitrogens with zero attached hydrogens (tertiary/aromatic N) is 1. The third-order valence-electron chi connectivity index (χ3n) is 2.77. The van der Waals surface area contributed by atoms with Crippen molar-refractivity contribution in [2.45, 2.75) is 53.4 Å². The van der Waals surface area contributed by atoms with Gasteiger partial charge in [0.2, 0.25) is 11.8 Å². The van der Waals surface area contributed by atoms with Gasteiger partial charge in [0.25, 0.3) is 0 Å². The number of carbonyl (C=O) groups excluding carboxylic acids is 2. The molecule has 1 N–H and O–H groups in total. The second-order valence-corrected chi connectivity index (χ2v) is 5.16. The zero-order valence-corrected chi connectivity index (χ0v) is 12.3. The van der Waals surface area contributed by atoms with E-state index in [0.717, 1.165) is 25.8 Å². The van der Waals surface area contributed by atoms with E-state index in [-0.39, 0.29) is 11.8 Å². The first-order valence-electron chi connectivity index (χ1n) is 6.99. The molecule has 18 heavy (non-hydrogen) atoms. The predicted molar refractivity (Wildman–Crippen MR) is 74.2 cm³/mol. The highest BCUT2D eigenvalue weighted by Crippen LogP contribution is 2.00. The fraction of sp³-hybridized carbons (Fsp3) is 0.857. The van der Waals surface area contributed by atoms with Crippen molar-refractivity contribution >= 4 is 11.8 Å². The smallest absolute Gasteiger partial charge is 0.220 e. The molecule has 0 saturated heterocycles. The van der Waals surface area contributed by atoms with E-state index in [2.05, 4.69) is 12.2 Å². The van der Waals surface area contributed by atoms with E-state index < -0.39 is 0 Å². The summed E-state index contributed by atoms with van der Waals surface area (Å²) in [5.74, 6) is 0.532. The zero-order valence-electron chi connectivity index (χ0n) is 12.3. The molecule has 0 aromatic rings. The Balaban J connectivity index is 3.83. The Labute approximate surface area is 111 Å². The first-order chi connectivity index (χ1) is 8.47. The second kappa shape index (κ2) is 9.92. The topological polar surface area (TPSA) is 49.4 Å². The van der Waals surface area contributed by atoms with E-state index in [1.165, 1.54) is 0 Å². The van der Waals surface area contributed by atoms with Crippen LogP contribution in [-0.2, 0) is 9.59 Å². The molecule has 4 heteroatoms. The molecule has 0 radical (unpaired) electrons. The molecular formula is C14H28N2O2. The minimum Gasteiger partial charge on any atom is -0.354 e. The molecule has 0 unspecified atom stereocenters. The first kappa shape index (κ1) is 16.9. The van der Waals surface area contributed by atoms with Gasteiger partial charge in [0.05, 0.1) is 0 Å². The van der Waals surface area contributed by atoms with Crippen LogP contribution in [0.1, 0.15) is 53.4 Å². The van der Waals surface area contributed by atoms with E-state index in [4.69, 9.17) is 0 Å². The van der Waals surface area contributed by atoms with Crippen LogP contribution in [0.15, 0.2) is 0 Å². The van der Waals surface area contributed by atoms with Crippen LogP contribution >= 0.6 is 0 Å². The number of carbonyl (C=O) groups is 2. The highest BCUT2D eigenvalue weighted by Gasteiger charge is 2.09. The summed E-state index contributed by atoms with van der Waals surface area (Å²) in [5.41, 5.74) is 0. The summed E-state index contributed by atoms with van der Waals surface area (Å²) in [6.07, 6.45) is 3.88. The highest BCUT2D eigenvalue weighted by atomic mass is 16.2. The molecule has 0 aromatic carbocycles. The lowest BCUT2D eigenvalue weighted by atomic mass is 10.1. The molecule has 0 saturated carbocycles. The summed E-state index contributed by atoms with van der Waals surface area (Å²) in [4.78, 5) is 24.7. The zero-order chi connectivity index (χ0) is 14.0. The number of hydrogen-bond donors (Lipinski definition) is 1. The second-order valence-electron chi connectivity index (χ2n) is 5.16. The molecule has 2 amide bonds. The molecule has 0 aliphatic rings. The molecule has 0 rings (SSSR count). The van der Waals surface area contributed by atoms with Crippen molar-refractivity contribution in [3.63, 3.8) is 0 Å². The van der Waals surface area contributed by atoms with Crippen LogP contribution in [0.2, 0.25) is 0 Å². The van der Waals surface area contributed by atoms with Gasteiger partial charge in [-0.05, 0) is 12.3 Å². The molecule has 0 atom stereocenters. The molecule has 4 nitrogen and oxygen atoms in total. The van der Waals surface area contributed by atoms with Gasteiger partial charge in [-0.1, -0.05) is 33.6 Å². The quantitative estimate of drug-likeness (QED) is 0.643. The Morgan fingerprint density at radius 1 is 1.17 bits per heavy atom. The van der Waals surface area contributed by atoms with Crippen molar-refractivity contribution in [3.8, 4) is 0 Å². The van der Waals surface area contributed by atoms with Crippen molar-refractivity contribution in [1.82, 2.24) is 10.2 Å². The van der Waals surface area contributed by atoms with Gasteiger partial charge in [-0.15, -0.1) is 0 Å². The third kappa shape index (κ3) is 9.02. The molecule has 0 bridgehead atoms. The van der Waals surface area contributed by atoms with Crippen LogP contribution in [0, 0.1) is 5.92 Å². The van der Waals surface area contributed by atoms with Crippen LogP contribution in [-0.4, -0.2) is 36.3 Å². The highest BCUT2D eigenvalue weighted by molar-refractivity contribution is 5.76. The molecule has 0 aliphatic heterocycles. The van der Waals surface area contributed by atoms with E-state index in [9.17, 15) is 9.59 Å². The number of hydrogen-bond acceptors (Lipinski definition) is 2. The average molecular weight is 256 g/mol. The maximum atomic E-state index is 11.5. The molecular weight excluding hydrogens is 228 g/mol. The van der Waals surface area contributed by atoms with Gasteiger partial charge in [0.15, 0.2) is 0 Å².